The van der Waals surface area contributed by atoms with E-state index >= 15 is 0 Å². The summed E-state index contributed by atoms with van der Waals surface area (Å²) >= 11 is 3.31. The Labute approximate surface area is 149 Å². The fraction of sp³-hybridized carbons (Fsp3) is 0.316. The third kappa shape index (κ3) is 3.68. The molecule has 0 saturated carbocycles. The summed E-state index contributed by atoms with van der Waals surface area (Å²) in [4.78, 5) is 12.3. The molecule has 0 fully saturated rings. The van der Waals surface area contributed by atoms with Gasteiger partial charge >= 0.3 is 0 Å². The summed E-state index contributed by atoms with van der Waals surface area (Å²) in [5, 5.41) is 9.90. The van der Waals surface area contributed by atoms with Crippen LogP contribution in [0.3, 0.4) is 0 Å². The van der Waals surface area contributed by atoms with Crippen molar-refractivity contribution in [2.75, 3.05) is 0 Å². The van der Waals surface area contributed by atoms with E-state index in [2.05, 4.69) is 15.9 Å². The minimum atomic E-state index is -1.03. The van der Waals surface area contributed by atoms with Gasteiger partial charge in [0.25, 0.3) is 0 Å². The number of ether oxygens (including phenoxy) is 1. The van der Waals surface area contributed by atoms with Crippen LogP contribution in [0.2, 0.25) is 0 Å². The number of Topliss-reactive ketones (excluding diaryl/α,β-unsaturated/α-hetero) is 1. The highest BCUT2D eigenvalue weighted by Crippen LogP contribution is 2.41. The maximum atomic E-state index is 14.6. The van der Waals surface area contributed by atoms with Crippen LogP contribution in [0.5, 0.6) is 5.75 Å². The minimum absolute atomic E-state index is 0.100. The van der Waals surface area contributed by atoms with Crippen LogP contribution in [0.4, 0.5) is 4.39 Å². The number of carbonyl (C=O) groups is 1. The second-order valence-electron chi connectivity index (χ2n) is 5.60. The summed E-state index contributed by atoms with van der Waals surface area (Å²) in [5.74, 6) is -0.506. The normalized spacial score (nSPS) is 12.1. The molecule has 1 N–H and O–H groups in total. The number of aliphatic hydroxyl groups excluding tert-OH is 1. The number of carbonyl (C=O) groups excluding carboxylic acids is 1. The van der Waals surface area contributed by atoms with Crippen LogP contribution < -0.4 is 4.74 Å². The summed E-state index contributed by atoms with van der Waals surface area (Å²) in [6.45, 7) is 4.97. The molecule has 24 heavy (non-hydrogen) atoms. The Morgan fingerprint density at radius 1 is 1.33 bits per heavy atom. The van der Waals surface area contributed by atoms with Crippen molar-refractivity contribution in [3.63, 3.8) is 0 Å². The van der Waals surface area contributed by atoms with E-state index in [1.807, 2.05) is 30.3 Å². The molecule has 3 nitrogen and oxygen atoms in total. The first-order chi connectivity index (χ1) is 11.4. The molecule has 0 saturated heterocycles. The summed E-state index contributed by atoms with van der Waals surface area (Å²) in [6, 6.07) is 9.49. The van der Waals surface area contributed by atoms with Gasteiger partial charge in [-0.1, -0.05) is 37.3 Å². The number of benzene rings is 2. The number of halogens is 2. The van der Waals surface area contributed by atoms with Crippen molar-refractivity contribution in [2.45, 2.75) is 39.9 Å². The van der Waals surface area contributed by atoms with Gasteiger partial charge < -0.3 is 9.84 Å². The first kappa shape index (κ1) is 18.6. The molecular formula is C19H20BrFO3. The fourth-order valence-electron chi connectivity index (χ4n) is 2.56. The Kier molecular flexibility index (Phi) is 6.13. The molecule has 0 radical (unpaired) electrons. The third-order valence-electron chi connectivity index (χ3n) is 3.85. The van der Waals surface area contributed by atoms with Crippen LogP contribution in [-0.2, 0) is 6.61 Å². The van der Waals surface area contributed by atoms with E-state index in [1.54, 1.807) is 6.92 Å². The molecule has 0 bridgehead atoms. The summed E-state index contributed by atoms with van der Waals surface area (Å²) in [5.41, 5.74) is 1.45. The Morgan fingerprint density at radius 2 is 1.96 bits per heavy atom. The monoisotopic (exact) mass is 394 g/mol. The van der Waals surface area contributed by atoms with Crippen LogP contribution in [0, 0.1) is 12.7 Å². The number of aliphatic hydroxyl groups is 1. The van der Waals surface area contributed by atoms with Crippen LogP contribution in [-0.4, -0.2) is 10.9 Å². The van der Waals surface area contributed by atoms with Crippen molar-refractivity contribution in [2.24, 2.45) is 0 Å². The second kappa shape index (κ2) is 7.90. The lowest BCUT2D eigenvalue weighted by Crippen LogP contribution is -2.12. The van der Waals surface area contributed by atoms with Gasteiger partial charge in [-0.2, -0.15) is 0 Å². The molecule has 5 heteroatoms. The average molecular weight is 395 g/mol. The number of hydrogen-bond acceptors (Lipinski definition) is 3. The SMILES string of the molecule is CCC(=O)c1c(C)c(F)c(C(C)O)c(Br)c1OCc1ccccc1. The van der Waals surface area contributed by atoms with Gasteiger partial charge in [-0.3, -0.25) is 4.79 Å². The lowest BCUT2D eigenvalue weighted by molar-refractivity contribution is 0.0981. The predicted molar refractivity (Wildman–Crippen MR) is 94.9 cm³/mol. The molecule has 1 atom stereocenters. The minimum Gasteiger partial charge on any atom is -0.487 e. The maximum absolute atomic E-state index is 14.6. The Hall–Kier alpha value is -1.72. The molecule has 2 aromatic rings. The molecule has 0 spiro atoms. The van der Waals surface area contributed by atoms with Gasteiger partial charge in [0, 0.05) is 12.0 Å². The van der Waals surface area contributed by atoms with Crippen molar-refractivity contribution < 1.29 is 19.0 Å². The molecule has 0 aliphatic rings. The van der Waals surface area contributed by atoms with Crippen LogP contribution >= 0.6 is 15.9 Å². The zero-order valence-corrected chi connectivity index (χ0v) is 15.5. The molecule has 128 valence electrons. The molecule has 0 amide bonds. The Balaban J connectivity index is 2.55. The predicted octanol–water partition coefficient (Wildman–Crippen LogP) is 5.12. The largest absolute Gasteiger partial charge is 0.487 e. The van der Waals surface area contributed by atoms with E-state index < -0.39 is 11.9 Å². The highest BCUT2D eigenvalue weighted by atomic mass is 79.9. The number of hydrogen-bond donors (Lipinski definition) is 1. The zero-order chi connectivity index (χ0) is 17.9. The van der Waals surface area contributed by atoms with Gasteiger partial charge in [0.15, 0.2) is 5.78 Å². The summed E-state index contributed by atoms with van der Waals surface area (Å²) in [7, 11) is 0. The van der Waals surface area contributed by atoms with Gasteiger partial charge in [0.2, 0.25) is 0 Å². The van der Waals surface area contributed by atoms with E-state index in [0.717, 1.165) is 5.56 Å². The summed E-state index contributed by atoms with van der Waals surface area (Å²) < 4.78 is 20.8. The second-order valence-corrected chi connectivity index (χ2v) is 6.39. The molecule has 0 aliphatic carbocycles. The molecule has 0 aromatic heterocycles. The van der Waals surface area contributed by atoms with Crippen molar-refractivity contribution >= 4 is 21.7 Å². The van der Waals surface area contributed by atoms with Crippen LogP contribution in [0.15, 0.2) is 34.8 Å². The highest BCUT2D eigenvalue weighted by Gasteiger charge is 2.27. The topological polar surface area (TPSA) is 46.5 Å². The van der Waals surface area contributed by atoms with Gasteiger partial charge in [0.05, 0.1) is 16.1 Å². The average Bonchev–Trinajstić information content (AvgIpc) is 2.57. The molecule has 0 heterocycles. The van der Waals surface area contributed by atoms with Crippen molar-refractivity contribution in [1.82, 2.24) is 0 Å². The van der Waals surface area contributed by atoms with E-state index in [-0.39, 0.29) is 45.7 Å². The maximum Gasteiger partial charge on any atom is 0.166 e. The van der Waals surface area contributed by atoms with Crippen LogP contribution in [0.1, 0.15) is 53.4 Å². The Morgan fingerprint density at radius 3 is 2.50 bits per heavy atom. The molecule has 2 aromatic carbocycles. The van der Waals surface area contributed by atoms with E-state index in [4.69, 9.17) is 4.74 Å². The fourth-order valence-corrected chi connectivity index (χ4v) is 3.37. The number of ketones is 1. The quantitative estimate of drug-likeness (QED) is 0.691. The lowest BCUT2D eigenvalue weighted by atomic mass is 9.96. The van der Waals surface area contributed by atoms with Gasteiger partial charge in [-0.25, -0.2) is 4.39 Å². The van der Waals surface area contributed by atoms with E-state index in [9.17, 15) is 14.3 Å². The first-order valence-corrected chi connectivity index (χ1v) is 8.57. The lowest BCUT2D eigenvalue weighted by Gasteiger charge is -2.20. The van der Waals surface area contributed by atoms with Crippen molar-refractivity contribution in [3.8, 4) is 5.75 Å². The van der Waals surface area contributed by atoms with Gasteiger partial charge in [-0.05, 0) is 40.9 Å². The molecule has 2 rings (SSSR count). The Bertz CT molecular complexity index is 742. The van der Waals surface area contributed by atoms with Gasteiger partial charge in [0.1, 0.15) is 18.2 Å². The smallest absolute Gasteiger partial charge is 0.166 e. The van der Waals surface area contributed by atoms with Gasteiger partial charge in [-0.15, -0.1) is 0 Å². The van der Waals surface area contributed by atoms with Crippen molar-refractivity contribution in [3.05, 3.63) is 62.9 Å². The molecule has 1 unspecified atom stereocenters. The summed E-state index contributed by atoms with van der Waals surface area (Å²) in [6.07, 6.45) is -0.787. The van der Waals surface area contributed by atoms with E-state index in [1.165, 1.54) is 13.8 Å². The molecule has 0 aliphatic heterocycles. The number of rotatable bonds is 6. The van der Waals surface area contributed by atoms with E-state index in [0.29, 0.717) is 0 Å². The highest BCUT2D eigenvalue weighted by molar-refractivity contribution is 9.10. The standard InChI is InChI=1S/C19H20BrFO3/c1-4-14(23)15-11(2)18(21)16(12(3)22)17(20)19(15)24-10-13-8-6-5-7-9-13/h5-9,12,22H,4,10H2,1-3H3. The molecular weight excluding hydrogens is 375 g/mol. The van der Waals surface area contributed by atoms with Crippen LogP contribution in [0.25, 0.3) is 0 Å². The van der Waals surface area contributed by atoms with Crippen molar-refractivity contribution in [1.29, 1.82) is 0 Å². The zero-order valence-electron chi connectivity index (χ0n) is 13.9. The third-order valence-corrected chi connectivity index (χ3v) is 4.63. The first-order valence-electron chi connectivity index (χ1n) is 7.77.